The Morgan fingerprint density at radius 2 is 1.08 bits per heavy atom. The van der Waals surface area contributed by atoms with Crippen LogP contribution in [-0.2, 0) is 9.59 Å². The van der Waals surface area contributed by atoms with Crippen LogP contribution in [-0.4, -0.2) is 22.9 Å². The van der Waals surface area contributed by atoms with Crippen LogP contribution >= 0.6 is 32.1 Å². The van der Waals surface area contributed by atoms with Gasteiger partial charge in [-0.15, -0.1) is 0 Å². The summed E-state index contributed by atoms with van der Waals surface area (Å²) in [5.41, 5.74) is 19.2. The molecular formula is C29H44Br2FN3O2. The number of para-hydroxylation sites is 1. The lowest BCUT2D eigenvalue weighted by molar-refractivity contribution is -0.131. The number of nitrogens with two attached hydrogens (primary N) is 2. The molecule has 3 rings (SSSR count). The maximum absolute atomic E-state index is 10.4. The number of nitrogens with zero attached hydrogens (tertiary/aromatic N) is 1. The van der Waals surface area contributed by atoms with Gasteiger partial charge in [0.05, 0.1) is 24.7 Å². The average Bonchev–Trinajstić information content (AvgIpc) is 3.12. The fourth-order valence-electron chi connectivity index (χ4n) is 3.77. The maximum atomic E-state index is 10.4. The van der Waals surface area contributed by atoms with Gasteiger partial charge in [-0.25, -0.2) is 3.93 Å². The molecule has 0 atom stereocenters. The van der Waals surface area contributed by atoms with Gasteiger partial charge >= 0.3 is 0 Å². The van der Waals surface area contributed by atoms with E-state index in [2.05, 4.69) is 118 Å². The van der Waals surface area contributed by atoms with Gasteiger partial charge in [0.15, 0.2) is 0 Å². The number of amides is 2. The van der Waals surface area contributed by atoms with Crippen LogP contribution in [0.5, 0.6) is 0 Å². The molecule has 1 aliphatic heterocycles. The van der Waals surface area contributed by atoms with E-state index in [0.29, 0.717) is 36.5 Å². The summed E-state index contributed by atoms with van der Waals surface area (Å²) in [5, 5.41) is 0. The minimum Gasteiger partial charge on any atom is -0.398 e. The monoisotopic (exact) mass is 644 g/mol. The van der Waals surface area contributed by atoms with E-state index in [1.807, 2.05) is 0 Å². The minimum atomic E-state index is -1.00. The molecule has 0 aliphatic carbocycles. The predicted octanol–water partition coefficient (Wildman–Crippen LogP) is 8.82. The van der Waals surface area contributed by atoms with Crippen molar-refractivity contribution in [3.8, 4) is 0 Å². The predicted molar refractivity (Wildman–Crippen MR) is 163 cm³/mol. The third-order valence-corrected chi connectivity index (χ3v) is 7.11. The molecule has 37 heavy (non-hydrogen) atoms. The van der Waals surface area contributed by atoms with Crippen LogP contribution in [0.1, 0.15) is 116 Å². The second-order valence-corrected chi connectivity index (χ2v) is 11.7. The molecule has 0 radical (unpaired) electrons. The number of benzene rings is 2. The Kier molecular flexibility index (Phi) is 15.0. The summed E-state index contributed by atoms with van der Waals surface area (Å²) in [5.74, 6) is 1.69. The minimum absolute atomic E-state index is 0.144. The lowest BCUT2D eigenvalue weighted by Crippen LogP contribution is -2.16. The maximum Gasteiger partial charge on any atom is 0.239 e. The molecule has 2 aromatic rings. The van der Waals surface area contributed by atoms with Gasteiger partial charge in [-0.2, -0.15) is 0 Å². The van der Waals surface area contributed by atoms with Crippen molar-refractivity contribution in [1.82, 2.24) is 3.93 Å². The van der Waals surface area contributed by atoms with Crippen molar-refractivity contribution in [3.05, 3.63) is 57.1 Å². The summed E-state index contributed by atoms with van der Waals surface area (Å²) >= 11 is 6.33. The Balaban J connectivity index is 0.000000528. The molecule has 0 aromatic heterocycles. The van der Waals surface area contributed by atoms with E-state index >= 15 is 0 Å². The molecule has 208 valence electrons. The normalized spacial score (nSPS) is 13.2. The fraction of sp³-hybridized carbons (Fsp3) is 0.517. The highest BCUT2D eigenvalue weighted by Gasteiger charge is 2.26. The van der Waals surface area contributed by atoms with Gasteiger partial charge in [0, 0.05) is 28.7 Å². The van der Waals surface area contributed by atoms with Crippen LogP contribution in [0.15, 0.2) is 34.8 Å². The van der Waals surface area contributed by atoms with Gasteiger partial charge in [-0.1, -0.05) is 89.5 Å². The zero-order valence-corrected chi connectivity index (χ0v) is 26.5. The van der Waals surface area contributed by atoms with E-state index < -0.39 is 7.15 Å². The summed E-state index contributed by atoms with van der Waals surface area (Å²) in [6.07, 6.45) is 0.703. The van der Waals surface area contributed by atoms with Gasteiger partial charge < -0.3 is 11.5 Å². The SMILES string of the molecule is CC(C)c1cc(Br)cc(C(C)C)c1N.CC(C)c1cccc(C(C)C)c1N.O=C1CCC(=O)N1Br.[2H]CF. The van der Waals surface area contributed by atoms with Gasteiger partial charge in [-0.3, -0.25) is 14.0 Å². The highest BCUT2D eigenvalue weighted by molar-refractivity contribution is 9.10. The van der Waals surface area contributed by atoms with E-state index in [0.717, 1.165) is 19.8 Å². The topological polar surface area (TPSA) is 89.4 Å². The van der Waals surface area contributed by atoms with Gasteiger partial charge in [0.2, 0.25) is 11.8 Å². The Hall–Kier alpha value is -1.93. The van der Waals surface area contributed by atoms with E-state index in [4.69, 9.17) is 12.8 Å². The molecule has 2 amide bonds. The number of hydrogen-bond donors (Lipinski definition) is 2. The first-order chi connectivity index (χ1) is 17.6. The van der Waals surface area contributed by atoms with Crippen LogP contribution in [0.2, 0.25) is 0 Å². The Labute approximate surface area is 241 Å². The number of carbonyl (C=O) groups excluding carboxylic acids is 2. The quantitative estimate of drug-likeness (QED) is 0.197. The summed E-state index contributed by atoms with van der Waals surface area (Å²) in [4.78, 5) is 20.9. The third kappa shape index (κ3) is 10.8. The van der Waals surface area contributed by atoms with E-state index in [1.54, 1.807) is 0 Å². The number of alkyl halides is 1. The van der Waals surface area contributed by atoms with Crippen molar-refractivity contribution in [1.29, 1.82) is 0 Å². The average molecular weight is 647 g/mol. The van der Waals surface area contributed by atoms with Gasteiger partial charge in [0.1, 0.15) is 0 Å². The van der Waals surface area contributed by atoms with E-state index in [9.17, 15) is 14.0 Å². The van der Waals surface area contributed by atoms with Crippen LogP contribution < -0.4 is 11.5 Å². The lowest BCUT2D eigenvalue weighted by Gasteiger charge is -2.16. The first kappa shape index (κ1) is 33.1. The van der Waals surface area contributed by atoms with Crippen LogP contribution in [0.3, 0.4) is 0 Å². The largest absolute Gasteiger partial charge is 0.398 e. The molecule has 0 spiro atoms. The zero-order chi connectivity index (χ0) is 29.7. The molecule has 1 fully saturated rings. The molecule has 4 N–H and O–H groups in total. The molecule has 1 heterocycles. The number of imide groups is 1. The van der Waals surface area contributed by atoms with Crippen molar-refractivity contribution in [2.45, 2.75) is 91.9 Å². The Morgan fingerprint density at radius 1 is 0.784 bits per heavy atom. The van der Waals surface area contributed by atoms with Crippen molar-refractivity contribution >= 4 is 55.3 Å². The Morgan fingerprint density at radius 3 is 1.32 bits per heavy atom. The summed E-state index contributed by atoms with van der Waals surface area (Å²) in [7, 11) is -1.00. The molecule has 0 saturated carbocycles. The fourth-order valence-corrected chi connectivity index (χ4v) is 4.62. The Bertz CT molecular complexity index is 975. The smallest absolute Gasteiger partial charge is 0.239 e. The summed E-state index contributed by atoms with van der Waals surface area (Å²) in [6.45, 7) is 17.4. The van der Waals surface area contributed by atoms with Crippen molar-refractivity contribution in [3.63, 3.8) is 0 Å². The highest BCUT2D eigenvalue weighted by atomic mass is 79.9. The highest BCUT2D eigenvalue weighted by Crippen LogP contribution is 2.33. The molecule has 0 unspecified atom stereocenters. The number of rotatable bonds is 4. The first-order valence-corrected chi connectivity index (χ1v) is 13.9. The van der Waals surface area contributed by atoms with Crippen LogP contribution in [0, 0.1) is 0 Å². The van der Waals surface area contributed by atoms with Crippen molar-refractivity contribution in [2.24, 2.45) is 0 Å². The third-order valence-electron chi connectivity index (χ3n) is 5.86. The molecular weight excluding hydrogens is 601 g/mol. The van der Waals surface area contributed by atoms with E-state index in [1.165, 1.54) is 22.3 Å². The standard InChI is InChI=1S/C12H18BrN.C12H19N.C4H4BrNO2.CH3F/c1-7(2)10-5-9(13)6-11(8(3)4)12(10)14;1-8(2)10-6-5-7-11(9(3)4)12(10)13;5-6-3(7)1-2-4(6)8;1-2/h5-8H,14H2,1-4H3;5-9H,13H2,1-4H3;1-2H2;1H3/i;;;1D. The molecule has 8 heteroatoms. The molecule has 1 saturated heterocycles. The van der Waals surface area contributed by atoms with Crippen molar-refractivity contribution < 1.29 is 15.4 Å². The molecule has 2 aromatic carbocycles. The molecule has 5 nitrogen and oxygen atoms in total. The number of hydrogen-bond acceptors (Lipinski definition) is 4. The second-order valence-electron chi connectivity index (χ2n) is 10.0. The summed E-state index contributed by atoms with van der Waals surface area (Å²) < 4.78 is 17.6. The molecule has 0 bridgehead atoms. The van der Waals surface area contributed by atoms with Crippen LogP contribution in [0.25, 0.3) is 0 Å². The zero-order valence-electron chi connectivity index (χ0n) is 24.4. The number of carbonyl (C=O) groups is 2. The van der Waals surface area contributed by atoms with Gasteiger partial charge in [0.25, 0.3) is 0 Å². The van der Waals surface area contributed by atoms with Crippen molar-refractivity contribution in [2.75, 3.05) is 18.6 Å². The van der Waals surface area contributed by atoms with Crippen LogP contribution in [0.4, 0.5) is 15.8 Å². The number of nitrogen functional groups attached to an aromatic ring is 2. The first-order valence-electron chi connectivity index (χ1n) is 13.1. The summed E-state index contributed by atoms with van der Waals surface area (Å²) in [6, 6.07) is 10.6. The number of anilines is 2. The van der Waals surface area contributed by atoms with Gasteiger partial charge in [-0.05, 0) is 58.1 Å². The van der Waals surface area contributed by atoms with E-state index in [-0.39, 0.29) is 11.8 Å². The molecule has 1 aliphatic rings. The lowest BCUT2D eigenvalue weighted by atomic mass is 9.93. The number of halogens is 3. The second kappa shape index (κ2) is 16.8.